The quantitative estimate of drug-likeness (QED) is 0.910. The normalized spacial score (nSPS) is 13.8. The highest BCUT2D eigenvalue weighted by Crippen LogP contribution is 2.25. The third-order valence-corrected chi connectivity index (χ3v) is 4.07. The number of nitrogens with one attached hydrogen (secondary N) is 1. The van der Waals surface area contributed by atoms with E-state index in [2.05, 4.69) is 43.4 Å². The summed E-state index contributed by atoms with van der Waals surface area (Å²) in [5.41, 5.74) is 1.23. The van der Waals surface area contributed by atoms with Gasteiger partial charge >= 0.3 is 0 Å². The first-order valence-electron chi connectivity index (χ1n) is 6.18. The molecule has 1 atom stereocenters. The fraction of sp³-hybridized carbons (Fsp3) is 0.500. The lowest BCUT2D eigenvalue weighted by atomic mass is 9.98. The van der Waals surface area contributed by atoms with Crippen LogP contribution in [0.2, 0.25) is 0 Å². The summed E-state index contributed by atoms with van der Waals surface area (Å²) in [5, 5.41) is 6.73. The van der Waals surface area contributed by atoms with Crippen molar-refractivity contribution in [3.63, 3.8) is 0 Å². The maximum absolute atomic E-state index is 5.36. The minimum absolute atomic E-state index is 0.134. The zero-order valence-corrected chi connectivity index (χ0v) is 12.2. The molecule has 0 aliphatic rings. The molecule has 0 aromatic carbocycles. The molecule has 0 bridgehead atoms. The summed E-state index contributed by atoms with van der Waals surface area (Å²) in [6.07, 6.45) is 1.70. The standard InChI is InChI=1S/C14H20N2OS/c1-10(12-6-5-7-17-12)15-8-11-9-18-13(16-11)14(2,3)4/h5-7,9-10,15H,8H2,1-4H3/t10-/m0/s1. The van der Waals surface area contributed by atoms with Gasteiger partial charge in [0, 0.05) is 17.3 Å². The lowest BCUT2D eigenvalue weighted by Gasteiger charge is -2.14. The van der Waals surface area contributed by atoms with Gasteiger partial charge in [-0.25, -0.2) is 4.98 Å². The van der Waals surface area contributed by atoms with Crippen LogP contribution < -0.4 is 5.32 Å². The molecule has 4 heteroatoms. The Morgan fingerprint density at radius 2 is 2.22 bits per heavy atom. The van der Waals surface area contributed by atoms with Crippen LogP contribution in [0, 0.1) is 0 Å². The fourth-order valence-corrected chi connectivity index (χ4v) is 2.54. The first kappa shape index (κ1) is 13.3. The largest absolute Gasteiger partial charge is 0.468 e. The Morgan fingerprint density at radius 3 is 2.78 bits per heavy atom. The van der Waals surface area contributed by atoms with Gasteiger partial charge in [0.1, 0.15) is 5.76 Å². The molecule has 0 unspecified atom stereocenters. The molecule has 2 heterocycles. The Balaban J connectivity index is 1.93. The van der Waals surface area contributed by atoms with Gasteiger partial charge in [0.2, 0.25) is 0 Å². The Morgan fingerprint density at radius 1 is 1.44 bits per heavy atom. The summed E-state index contributed by atoms with van der Waals surface area (Å²) < 4.78 is 5.36. The van der Waals surface area contributed by atoms with Gasteiger partial charge in [-0.2, -0.15) is 0 Å². The van der Waals surface area contributed by atoms with Crippen molar-refractivity contribution in [2.24, 2.45) is 0 Å². The van der Waals surface area contributed by atoms with E-state index in [1.54, 1.807) is 17.6 Å². The zero-order chi connectivity index (χ0) is 13.2. The number of aromatic nitrogens is 1. The molecule has 2 aromatic heterocycles. The van der Waals surface area contributed by atoms with Gasteiger partial charge in [-0.15, -0.1) is 11.3 Å². The van der Waals surface area contributed by atoms with E-state index in [9.17, 15) is 0 Å². The number of hydrogen-bond donors (Lipinski definition) is 1. The molecule has 2 aromatic rings. The maximum atomic E-state index is 5.36. The van der Waals surface area contributed by atoms with Gasteiger partial charge in [0.05, 0.1) is 23.0 Å². The summed E-state index contributed by atoms with van der Waals surface area (Å²) >= 11 is 1.73. The fourth-order valence-electron chi connectivity index (χ4n) is 1.63. The van der Waals surface area contributed by atoms with Crippen molar-refractivity contribution in [1.82, 2.24) is 10.3 Å². The van der Waals surface area contributed by atoms with Crippen LogP contribution in [0.3, 0.4) is 0 Å². The molecule has 0 saturated carbocycles. The Hall–Kier alpha value is -1.13. The number of nitrogens with zero attached hydrogens (tertiary/aromatic N) is 1. The first-order chi connectivity index (χ1) is 8.47. The van der Waals surface area contributed by atoms with Crippen molar-refractivity contribution in [2.45, 2.75) is 45.7 Å². The second-order valence-electron chi connectivity index (χ2n) is 5.51. The van der Waals surface area contributed by atoms with Gasteiger partial charge in [0.25, 0.3) is 0 Å². The highest BCUT2D eigenvalue weighted by Gasteiger charge is 2.18. The van der Waals surface area contributed by atoms with E-state index in [1.807, 2.05) is 12.1 Å². The molecular weight excluding hydrogens is 244 g/mol. The predicted octanol–water partition coefficient (Wildman–Crippen LogP) is 3.88. The Bertz CT molecular complexity index is 482. The number of rotatable bonds is 4. The van der Waals surface area contributed by atoms with E-state index < -0.39 is 0 Å². The van der Waals surface area contributed by atoms with E-state index in [-0.39, 0.29) is 11.5 Å². The molecule has 0 amide bonds. The van der Waals surface area contributed by atoms with Crippen LogP contribution in [0.5, 0.6) is 0 Å². The second kappa shape index (κ2) is 5.24. The van der Waals surface area contributed by atoms with Gasteiger partial charge in [0.15, 0.2) is 0 Å². The molecule has 0 spiro atoms. The molecule has 98 valence electrons. The number of furan rings is 1. The lowest BCUT2D eigenvalue weighted by Crippen LogP contribution is -2.18. The molecule has 0 aliphatic carbocycles. The van der Waals surface area contributed by atoms with E-state index in [0.717, 1.165) is 18.0 Å². The average Bonchev–Trinajstić information content (AvgIpc) is 2.96. The number of hydrogen-bond acceptors (Lipinski definition) is 4. The predicted molar refractivity (Wildman–Crippen MR) is 74.8 cm³/mol. The second-order valence-corrected chi connectivity index (χ2v) is 6.37. The van der Waals surface area contributed by atoms with Crippen molar-refractivity contribution in [3.8, 4) is 0 Å². The zero-order valence-electron chi connectivity index (χ0n) is 11.4. The van der Waals surface area contributed by atoms with Crippen LogP contribution in [0.25, 0.3) is 0 Å². The summed E-state index contributed by atoms with van der Waals surface area (Å²) in [6.45, 7) is 9.43. The summed E-state index contributed by atoms with van der Waals surface area (Å²) in [7, 11) is 0. The molecule has 1 N–H and O–H groups in total. The molecular formula is C14H20N2OS. The lowest BCUT2D eigenvalue weighted by molar-refractivity contribution is 0.428. The van der Waals surface area contributed by atoms with Crippen LogP contribution in [-0.2, 0) is 12.0 Å². The molecule has 0 saturated heterocycles. The monoisotopic (exact) mass is 264 g/mol. The van der Waals surface area contributed by atoms with Crippen molar-refractivity contribution in [2.75, 3.05) is 0 Å². The molecule has 2 rings (SSSR count). The van der Waals surface area contributed by atoms with Crippen molar-refractivity contribution in [1.29, 1.82) is 0 Å². The smallest absolute Gasteiger partial charge is 0.120 e. The number of thiazole rings is 1. The Kier molecular flexibility index (Phi) is 3.88. The van der Waals surface area contributed by atoms with Gasteiger partial charge in [-0.1, -0.05) is 20.8 Å². The van der Waals surface area contributed by atoms with E-state index in [0.29, 0.717) is 0 Å². The van der Waals surface area contributed by atoms with Crippen LogP contribution in [-0.4, -0.2) is 4.98 Å². The Labute approximate surface area is 112 Å². The summed E-state index contributed by atoms with van der Waals surface area (Å²) in [4.78, 5) is 4.66. The third-order valence-electron chi connectivity index (χ3n) is 2.75. The minimum Gasteiger partial charge on any atom is -0.468 e. The van der Waals surface area contributed by atoms with Crippen molar-refractivity contribution >= 4 is 11.3 Å². The first-order valence-corrected chi connectivity index (χ1v) is 7.06. The highest BCUT2D eigenvalue weighted by atomic mass is 32.1. The van der Waals surface area contributed by atoms with E-state index in [1.165, 1.54) is 5.01 Å². The van der Waals surface area contributed by atoms with Gasteiger partial charge < -0.3 is 9.73 Å². The SMILES string of the molecule is C[C@H](NCc1csc(C(C)(C)C)n1)c1ccco1. The molecule has 3 nitrogen and oxygen atoms in total. The van der Waals surface area contributed by atoms with Crippen molar-refractivity contribution < 1.29 is 4.42 Å². The van der Waals surface area contributed by atoms with Crippen molar-refractivity contribution in [3.05, 3.63) is 40.2 Å². The minimum atomic E-state index is 0.134. The van der Waals surface area contributed by atoms with E-state index in [4.69, 9.17) is 4.42 Å². The summed E-state index contributed by atoms with van der Waals surface area (Å²) in [6, 6.07) is 4.10. The summed E-state index contributed by atoms with van der Waals surface area (Å²) in [5.74, 6) is 0.960. The molecule has 0 radical (unpaired) electrons. The average molecular weight is 264 g/mol. The topological polar surface area (TPSA) is 38.1 Å². The van der Waals surface area contributed by atoms with Crippen LogP contribution >= 0.6 is 11.3 Å². The van der Waals surface area contributed by atoms with Gasteiger partial charge in [-0.05, 0) is 19.1 Å². The van der Waals surface area contributed by atoms with Crippen LogP contribution in [0.1, 0.15) is 50.2 Å². The van der Waals surface area contributed by atoms with E-state index >= 15 is 0 Å². The van der Waals surface area contributed by atoms with Gasteiger partial charge in [-0.3, -0.25) is 0 Å². The molecule has 0 aliphatic heterocycles. The molecule has 0 fully saturated rings. The van der Waals surface area contributed by atoms with Crippen LogP contribution in [0.4, 0.5) is 0 Å². The maximum Gasteiger partial charge on any atom is 0.120 e. The third kappa shape index (κ3) is 3.21. The molecule has 18 heavy (non-hydrogen) atoms. The highest BCUT2D eigenvalue weighted by molar-refractivity contribution is 7.09. The van der Waals surface area contributed by atoms with Crippen LogP contribution in [0.15, 0.2) is 28.2 Å².